The first kappa shape index (κ1) is 9.48. The molecule has 1 aliphatic rings. The van der Waals surface area contributed by atoms with Gasteiger partial charge in [-0.1, -0.05) is 12.2 Å². The smallest absolute Gasteiger partial charge is 0.139 e. The fourth-order valence-corrected chi connectivity index (χ4v) is 2.01. The summed E-state index contributed by atoms with van der Waals surface area (Å²) in [4.78, 5) is 2.37. The Morgan fingerprint density at radius 2 is 2.29 bits per heavy atom. The molecule has 0 unspecified atom stereocenters. The van der Waals surface area contributed by atoms with Gasteiger partial charge in [0.15, 0.2) is 0 Å². The molecule has 76 valence electrons. The number of nitrogens with one attached hydrogen (secondary N) is 1. The summed E-state index contributed by atoms with van der Waals surface area (Å²) < 4.78 is 4.00. The number of hydrogen-bond acceptors (Lipinski definition) is 5. The van der Waals surface area contributed by atoms with Crippen LogP contribution in [-0.2, 0) is 0 Å². The van der Waals surface area contributed by atoms with Crippen molar-refractivity contribution in [3.05, 3.63) is 18.2 Å². The summed E-state index contributed by atoms with van der Waals surface area (Å²) in [5.41, 5.74) is 5.51. The lowest BCUT2D eigenvalue weighted by molar-refractivity contribution is 0.367. The van der Waals surface area contributed by atoms with Crippen LogP contribution in [0.2, 0.25) is 0 Å². The minimum Gasteiger partial charge on any atom is -0.383 e. The number of rotatable bonds is 4. The average molecular weight is 210 g/mol. The average Bonchev–Trinajstić information content (AvgIpc) is 2.77. The number of nitrogens with zero attached hydrogens (tertiary/aromatic N) is 2. The van der Waals surface area contributed by atoms with E-state index in [4.69, 9.17) is 5.73 Å². The normalized spacial score (nSPS) is 16.3. The van der Waals surface area contributed by atoms with Crippen LogP contribution in [0, 0.1) is 0 Å². The summed E-state index contributed by atoms with van der Waals surface area (Å²) in [6.07, 6.45) is 4.40. The van der Waals surface area contributed by atoms with Crippen LogP contribution >= 0.6 is 11.5 Å². The molecule has 0 spiro atoms. The van der Waals surface area contributed by atoms with Crippen LogP contribution in [0.3, 0.4) is 0 Å². The van der Waals surface area contributed by atoms with Gasteiger partial charge < -0.3 is 11.1 Å². The molecule has 3 N–H and O–H groups in total. The summed E-state index contributed by atoms with van der Waals surface area (Å²) in [6.45, 7) is 4.16. The molecule has 4 nitrogen and oxygen atoms in total. The van der Waals surface area contributed by atoms with Gasteiger partial charge in [0.2, 0.25) is 0 Å². The van der Waals surface area contributed by atoms with Crippen molar-refractivity contribution in [1.82, 2.24) is 9.27 Å². The molecule has 5 heteroatoms. The second-order valence-electron chi connectivity index (χ2n) is 3.27. The maximum atomic E-state index is 5.51. The highest BCUT2D eigenvalue weighted by molar-refractivity contribution is 7.10. The Bertz CT molecular complexity index is 312. The number of nitrogen functional groups attached to an aromatic ring is 1. The van der Waals surface area contributed by atoms with Crippen LogP contribution in [0.5, 0.6) is 0 Å². The zero-order chi connectivity index (χ0) is 9.80. The van der Waals surface area contributed by atoms with Gasteiger partial charge in [-0.15, -0.1) is 0 Å². The minimum atomic E-state index is 0.598. The molecule has 0 atom stereocenters. The highest BCUT2D eigenvalue weighted by Crippen LogP contribution is 2.16. The van der Waals surface area contributed by atoms with Gasteiger partial charge in [-0.3, -0.25) is 4.90 Å². The van der Waals surface area contributed by atoms with E-state index >= 15 is 0 Å². The molecular weight excluding hydrogens is 196 g/mol. The molecule has 1 aromatic heterocycles. The van der Waals surface area contributed by atoms with Crippen LogP contribution in [0.1, 0.15) is 0 Å². The molecule has 0 aliphatic carbocycles. The molecule has 0 radical (unpaired) electrons. The number of aromatic nitrogens is 1. The summed E-state index contributed by atoms with van der Waals surface area (Å²) in [5.74, 6) is 0.598. The molecule has 14 heavy (non-hydrogen) atoms. The lowest BCUT2D eigenvalue weighted by atomic mass is 10.5. The predicted octanol–water partition coefficient (Wildman–Crippen LogP) is 1.01. The standard InChI is InChI=1S/C9H14N4S/c10-8-7-9(14-12-8)11-3-6-13-4-1-2-5-13/h1-2,7,11H,3-6H2,(H2,10,12). The third-order valence-electron chi connectivity index (χ3n) is 2.15. The molecule has 0 aromatic carbocycles. The Kier molecular flexibility index (Phi) is 3.00. The first-order valence-corrected chi connectivity index (χ1v) is 5.45. The van der Waals surface area contributed by atoms with Gasteiger partial charge in [0, 0.05) is 32.2 Å². The monoisotopic (exact) mass is 210 g/mol. The fourth-order valence-electron chi connectivity index (χ4n) is 1.41. The van der Waals surface area contributed by atoms with Gasteiger partial charge in [0.25, 0.3) is 0 Å². The van der Waals surface area contributed by atoms with Gasteiger partial charge in [-0.2, -0.15) is 4.37 Å². The van der Waals surface area contributed by atoms with Crippen molar-refractivity contribution < 1.29 is 0 Å². The molecule has 0 bridgehead atoms. The van der Waals surface area contributed by atoms with Crippen molar-refractivity contribution in [2.75, 3.05) is 37.2 Å². The van der Waals surface area contributed by atoms with Crippen molar-refractivity contribution in [3.8, 4) is 0 Å². The Morgan fingerprint density at radius 1 is 1.50 bits per heavy atom. The van der Waals surface area contributed by atoms with E-state index in [0.29, 0.717) is 5.82 Å². The van der Waals surface area contributed by atoms with Gasteiger partial charge in [0.05, 0.1) is 0 Å². The summed E-state index contributed by atoms with van der Waals surface area (Å²) >= 11 is 1.41. The van der Waals surface area contributed by atoms with Crippen molar-refractivity contribution in [2.45, 2.75) is 0 Å². The second kappa shape index (κ2) is 4.43. The van der Waals surface area contributed by atoms with E-state index in [-0.39, 0.29) is 0 Å². The molecule has 1 aliphatic heterocycles. The molecule has 1 aromatic rings. The van der Waals surface area contributed by atoms with Crippen LogP contribution in [0.15, 0.2) is 18.2 Å². The maximum Gasteiger partial charge on any atom is 0.139 e. The number of nitrogens with two attached hydrogens (primary N) is 1. The fraction of sp³-hybridized carbons (Fsp3) is 0.444. The SMILES string of the molecule is Nc1cc(NCCN2CC=CC2)sn1. The van der Waals surface area contributed by atoms with Gasteiger partial charge in [-0.05, 0) is 11.5 Å². The summed E-state index contributed by atoms with van der Waals surface area (Å²) in [5, 5.41) is 4.35. The van der Waals surface area contributed by atoms with E-state index in [1.165, 1.54) is 11.5 Å². The van der Waals surface area contributed by atoms with Crippen LogP contribution in [0.4, 0.5) is 10.8 Å². The zero-order valence-electron chi connectivity index (χ0n) is 7.94. The van der Waals surface area contributed by atoms with Crippen LogP contribution < -0.4 is 11.1 Å². The van der Waals surface area contributed by atoms with Gasteiger partial charge >= 0.3 is 0 Å². The highest BCUT2D eigenvalue weighted by atomic mass is 32.1. The lowest BCUT2D eigenvalue weighted by Gasteiger charge is -2.14. The lowest BCUT2D eigenvalue weighted by Crippen LogP contribution is -2.26. The van der Waals surface area contributed by atoms with Crippen LogP contribution in [-0.4, -0.2) is 35.5 Å². The maximum absolute atomic E-state index is 5.51. The molecule has 0 saturated heterocycles. The first-order valence-electron chi connectivity index (χ1n) is 4.68. The van der Waals surface area contributed by atoms with E-state index in [1.54, 1.807) is 0 Å². The third kappa shape index (κ3) is 2.46. The number of anilines is 2. The summed E-state index contributed by atoms with van der Waals surface area (Å²) in [7, 11) is 0. The van der Waals surface area contributed by atoms with Gasteiger partial charge in [-0.25, -0.2) is 0 Å². The Balaban J connectivity index is 1.67. The first-order chi connectivity index (χ1) is 6.84. The topological polar surface area (TPSA) is 54.2 Å². The quantitative estimate of drug-likeness (QED) is 0.728. The van der Waals surface area contributed by atoms with E-state index < -0.39 is 0 Å². The van der Waals surface area contributed by atoms with Crippen molar-refractivity contribution in [3.63, 3.8) is 0 Å². The Labute approximate surface area is 87.6 Å². The Morgan fingerprint density at radius 3 is 2.93 bits per heavy atom. The van der Waals surface area contributed by atoms with Crippen molar-refractivity contribution in [1.29, 1.82) is 0 Å². The minimum absolute atomic E-state index is 0.598. The van der Waals surface area contributed by atoms with Crippen molar-refractivity contribution in [2.24, 2.45) is 0 Å². The van der Waals surface area contributed by atoms with E-state index in [9.17, 15) is 0 Å². The molecule has 0 fully saturated rings. The van der Waals surface area contributed by atoms with E-state index in [1.807, 2.05) is 6.07 Å². The molecule has 0 saturated carbocycles. The van der Waals surface area contributed by atoms with Crippen LogP contribution in [0.25, 0.3) is 0 Å². The third-order valence-corrected chi connectivity index (χ3v) is 2.91. The van der Waals surface area contributed by atoms with E-state index in [2.05, 4.69) is 26.7 Å². The van der Waals surface area contributed by atoms with E-state index in [0.717, 1.165) is 31.2 Å². The second-order valence-corrected chi connectivity index (χ2v) is 4.08. The molecule has 2 heterocycles. The zero-order valence-corrected chi connectivity index (χ0v) is 8.76. The van der Waals surface area contributed by atoms with Crippen molar-refractivity contribution >= 4 is 22.4 Å². The summed E-state index contributed by atoms with van der Waals surface area (Å²) in [6, 6.07) is 1.87. The van der Waals surface area contributed by atoms with Gasteiger partial charge in [0.1, 0.15) is 10.8 Å². The Hall–Kier alpha value is -1.07. The predicted molar refractivity (Wildman–Crippen MR) is 60.6 cm³/mol. The molecular formula is C9H14N4S. The molecule has 2 rings (SSSR count). The largest absolute Gasteiger partial charge is 0.383 e. The highest BCUT2D eigenvalue weighted by Gasteiger charge is 2.05. The number of hydrogen-bond donors (Lipinski definition) is 2. The molecule has 0 amide bonds.